The highest BCUT2D eigenvalue weighted by Crippen LogP contribution is 2.32. The molecule has 1 saturated heterocycles. The predicted molar refractivity (Wildman–Crippen MR) is 185 cm³/mol. The zero-order valence-electron chi connectivity index (χ0n) is 29.7. The molecule has 1 aliphatic rings. The van der Waals surface area contributed by atoms with Crippen LogP contribution in [0, 0.1) is 5.82 Å². The molecule has 55 heavy (non-hydrogen) atoms. The van der Waals surface area contributed by atoms with Crippen LogP contribution < -0.4 is 20.7 Å². The van der Waals surface area contributed by atoms with Crippen LogP contribution in [0.2, 0.25) is 5.02 Å². The number of hydrogen-bond acceptors (Lipinski definition) is 16. The molecule has 3 aromatic rings. The number of pyridine rings is 1. The highest BCUT2D eigenvalue weighted by molar-refractivity contribution is 6.30. The van der Waals surface area contributed by atoms with Crippen molar-refractivity contribution in [2.75, 3.05) is 32.1 Å². The summed E-state index contributed by atoms with van der Waals surface area (Å²) in [5, 5.41) is 17.8. The molecule has 2 amide bonds. The van der Waals surface area contributed by atoms with Gasteiger partial charge in [0.2, 0.25) is 5.91 Å². The number of anilines is 2. The van der Waals surface area contributed by atoms with Crippen LogP contribution in [-0.4, -0.2) is 113 Å². The van der Waals surface area contributed by atoms with Gasteiger partial charge in [0.15, 0.2) is 42.0 Å². The molecule has 4 rings (SSSR count). The van der Waals surface area contributed by atoms with Gasteiger partial charge in [0.25, 0.3) is 5.91 Å². The normalized spacial score (nSPS) is 19.0. The number of carbonyl (C=O) groups is 6. The Morgan fingerprint density at radius 1 is 0.927 bits per heavy atom. The maximum absolute atomic E-state index is 14.5. The number of benzene rings is 1. The molecule has 5 atom stereocenters. The fraction of sp³-hybridized carbons (Fsp3) is 0.382. The summed E-state index contributed by atoms with van der Waals surface area (Å²) in [4.78, 5) is 85.7. The van der Waals surface area contributed by atoms with E-state index in [-0.39, 0.29) is 52.3 Å². The SMILES string of the molecule is COc1cnc(-c2cc(Cl)ccc2F)nc1Nc1ccncc1C(=O)NCCNC(=O)COC1OC(CC(=O)O)C(OC(C)=O)C(OC(C)=O)C1OC(C)=O. The molecule has 0 bridgehead atoms. The quantitative estimate of drug-likeness (QED) is 0.0919. The summed E-state index contributed by atoms with van der Waals surface area (Å²) in [5.41, 5.74) is 0.360. The first kappa shape index (κ1) is 41.8. The van der Waals surface area contributed by atoms with E-state index in [1.165, 1.54) is 50.0 Å². The summed E-state index contributed by atoms with van der Waals surface area (Å²) in [5.74, 6) is -5.64. The van der Waals surface area contributed by atoms with Crippen molar-refractivity contribution in [2.24, 2.45) is 0 Å². The minimum absolute atomic E-state index is 0.00416. The number of nitrogens with zero attached hydrogens (tertiary/aromatic N) is 3. The van der Waals surface area contributed by atoms with Crippen LogP contribution in [0.3, 0.4) is 0 Å². The summed E-state index contributed by atoms with van der Waals surface area (Å²) in [6.07, 6.45) is -4.42. The molecule has 3 heterocycles. The Morgan fingerprint density at radius 2 is 1.60 bits per heavy atom. The molecule has 21 heteroatoms. The van der Waals surface area contributed by atoms with E-state index in [9.17, 15) is 38.3 Å². The van der Waals surface area contributed by atoms with E-state index in [0.29, 0.717) is 0 Å². The molecule has 0 spiro atoms. The van der Waals surface area contributed by atoms with Gasteiger partial charge in [0, 0.05) is 51.3 Å². The van der Waals surface area contributed by atoms with Crippen LogP contribution in [0.4, 0.5) is 15.9 Å². The van der Waals surface area contributed by atoms with Gasteiger partial charge in [-0.25, -0.2) is 14.4 Å². The molecule has 294 valence electrons. The van der Waals surface area contributed by atoms with Crippen molar-refractivity contribution in [1.29, 1.82) is 0 Å². The molecule has 1 fully saturated rings. The van der Waals surface area contributed by atoms with E-state index in [1.54, 1.807) is 0 Å². The summed E-state index contributed by atoms with van der Waals surface area (Å²) in [7, 11) is 1.38. The fourth-order valence-corrected chi connectivity index (χ4v) is 5.40. The summed E-state index contributed by atoms with van der Waals surface area (Å²) < 4.78 is 46.8. The second-order valence-electron chi connectivity index (χ2n) is 11.6. The first-order chi connectivity index (χ1) is 26.2. The van der Waals surface area contributed by atoms with Crippen molar-refractivity contribution in [3.63, 3.8) is 0 Å². The largest absolute Gasteiger partial charge is 0.491 e. The van der Waals surface area contributed by atoms with Gasteiger partial charge in [-0.15, -0.1) is 0 Å². The second-order valence-corrected chi connectivity index (χ2v) is 12.0. The van der Waals surface area contributed by atoms with Crippen LogP contribution in [0.5, 0.6) is 5.75 Å². The zero-order chi connectivity index (χ0) is 40.2. The third kappa shape index (κ3) is 11.7. The minimum atomic E-state index is -1.64. The Balaban J connectivity index is 1.38. The molecule has 5 unspecified atom stereocenters. The van der Waals surface area contributed by atoms with E-state index in [2.05, 4.69) is 30.9 Å². The number of ether oxygens (including phenoxy) is 6. The van der Waals surface area contributed by atoms with Gasteiger partial charge in [0.05, 0.1) is 36.5 Å². The number of aromatic nitrogens is 3. The number of nitrogens with one attached hydrogen (secondary N) is 3. The number of aliphatic carboxylic acids is 1. The summed E-state index contributed by atoms with van der Waals surface area (Å²) in [6.45, 7) is 2.19. The first-order valence-corrected chi connectivity index (χ1v) is 16.7. The van der Waals surface area contributed by atoms with Gasteiger partial charge in [-0.3, -0.25) is 33.8 Å². The van der Waals surface area contributed by atoms with Crippen molar-refractivity contribution in [1.82, 2.24) is 25.6 Å². The molecular weight excluding hydrogens is 755 g/mol. The topological polar surface area (TPSA) is 253 Å². The molecule has 0 saturated carbocycles. The lowest BCUT2D eigenvalue weighted by molar-refractivity contribution is -0.302. The molecular formula is C34H36ClFN6O13. The van der Waals surface area contributed by atoms with E-state index >= 15 is 0 Å². The lowest BCUT2D eigenvalue weighted by atomic mass is 9.96. The first-order valence-electron chi connectivity index (χ1n) is 16.3. The van der Waals surface area contributed by atoms with Gasteiger partial charge in [-0.2, -0.15) is 0 Å². The van der Waals surface area contributed by atoms with Crippen molar-refractivity contribution in [3.8, 4) is 17.1 Å². The highest BCUT2D eigenvalue weighted by Gasteiger charge is 2.53. The number of methoxy groups -OCH3 is 1. The number of halogens is 2. The molecule has 0 radical (unpaired) electrons. The van der Waals surface area contributed by atoms with Gasteiger partial charge in [0.1, 0.15) is 18.5 Å². The maximum Gasteiger partial charge on any atom is 0.306 e. The van der Waals surface area contributed by atoms with Crippen LogP contribution in [0.15, 0.2) is 42.9 Å². The fourth-order valence-electron chi connectivity index (χ4n) is 5.23. The average Bonchev–Trinajstić information content (AvgIpc) is 3.12. The van der Waals surface area contributed by atoms with Crippen molar-refractivity contribution in [2.45, 2.75) is 57.9 Å². The van der Waals surface area contributed by atoms with Crippen LogP contribution in [0.1, 0.15) is 37.6 Å². The average molecular weight is 791 g/mol. The minimum Gasteiger partial charge on any atom is -0.491 e. The van der Waals surface area contributed by atoms with E-state index in [4.69, 9.17) is 40.0 Å². The molecule has 4 N–H and O–H groups in total. The lowest BCUT2D eigenvalue weighted by Crippen LogP contribution is -2.62. The van der Waals surface area contributed by atoms with E-state index in [1.807, 2.05) is 0 Å². The number of carboxylic acids is 1. The Bertz CT molecular complexity index is 1920. The third-order valence-electron chi connectivity index (χ3n) is 7.45. The van der Waals surface area contributed by atoms with Gasteiger partial charge in [-0.05, 0) is 24.3 Å². The monoisotopic (exact) mass is 790 g/mol. The molecule has 1 aliphatic heterocycles. The molecule has 2 aromatic heterocycles. The smallest absolute Gasteiger partial charge is 0.306 e. The number of carbonyl (C=O) groups excluding carboxylic acids is 5. The standard InChI is InChI=1S/C34H36ClFN6O13/c1-16(43)52-28-24(12-27(47)48)55-34(30(54-18(3)45)29(28)53-17(2)44)51-15-26(46)38-9-10-39-33(49)21-13-37-8-7-23(21)41-32-25(50-4)14-40-31(42-32)20-11-19(35)5-6-22(20)36/h5-8,11,13-14,24,28-30,34H,9-10,12,15H2,1-4H3,(H,38,46)(H,39,49)(H,47,48)(H,37,40,41,42). The predicted octanol–water partition coefficient (Wildman–Crippen LogP) is 1.94. The Kier molecular flexibility index (Phi) is 14.7. The van der Waals surface area contributed by atoms with Gasteiger partial charge in [-0.1, -0.05) is 11.6 Å². The van der Waals surface area contributed by atoms with Crippen molar-refractivity contribution in [3.05, 3.63) is 59.3 Å². The van der Waals surface area contributed by atoms with E-state index < -0.39 is 85.2 Å². The summed E-state index contributed by atoms with van der Waals surface area (Å²) >= 11 is 6.04. The Labute approximate surface area is 317 Å². The molecule has 19 nitrogen and oxygen atoms in total. The van der Waals surface area contributed by atoms with Crippen LogP contribution in [-0.2, 0) is 47.7 Å². The second kappa shape index (κ2) is 19.4. The Hall–Kier alpha value is -5.99. The molecule has 1 aromatic carbocycles. The lowest BCUT2D eigenvalue weighted by Gasteiger charge is -2.43. The zero-order valence-corrected chi connectivity index (χ0v) is 30.5. The number of rotatable bonds is 16. The maximum atomic E-state index is 14.5. The van der Waals surface area contributed by atoms with Crippen LogP contribution in [0.25, 0.3) is 11.4 Å². The number of amides is 2. The molecule has 0 aliphatic carbocycles. The Morgan fingerprint density at radius 3 is 2.27 bits per heavy atom. The van der Waals surface area contributed by atoms with Crippen molar-refractivity contribution < 1.29 is 66.7 Å². The van der Waals surface area contributed by atoms with Gasteiger partial charge >= 0.3 is 23.9 Å². The number of esters is 3. The number of carboxylic acid groups (broad SMARTS) is 1. The van der Waals surface area contributed by atoms with Gasteiger partial charge < -0.3 is 49.5 Å². The number of hydrogen-bond donors (Lipinski definition) is 4. The summed E-state index contributed by atoms with van der Waals surface area (Å²) in [6, 6.07) is 5.41. The van der Waals surface area contributed by atoms with Crippen LogP contribution >= 0.6 is 11.6 Å². The highest BCUT2D eigenvalue weighted by atomic mass is 35.5. The third-order valence-corrected chi connectivity index (χ3v) is 7.68. The van der Waals surface area contributed by atoms with E-state index in [0.717, 1.165) is 20.8 Å². The van der Waals surface area contributed by atoms with Crippen molar-refractivity contribution >= 4 is 58.8 Å².